The monoisotopic (exact) mass is 289 g/mol. The first-order valence-electron chi connectivity index (χ1n) is 7.39. The van der Waals surface area contributed by atoms with Crippen LogP contribution < -0.4 is 10.0 Å². The van der Waals surface area contributed by atoms with E-state index in [4.69, 9.17) is 0 Å². The standard InChI is InChI=1S/C13H27N3O2S/c1-13(7-3-4-8-13)15-19(17,18)16-9-5-6-12(11-16)10-14-2/h12,14-15H,3-11H2,1-2H3. The minimum Gasteiger partial charge on any atom is -0.319 e. The predicted molar refractivity (Wildman–Crippen MR) is 77.2 cm³/mol. The normalized spacial score (nSPS) is 28.6. The van der Waals surface area contributed by atoms with Crippen molar-refractivity contribution in [1.29, 1.82) is 0 Å². The van der Waals surface area contributed by atoms with Crippen LogP contribution in [0.1, 0.15) is 45.4 Å². The van der Waals surface area contributed by atoms with Gasteiger partial charge in [-0.05, 0) is 52.1 Å². The fourth-order valence-electron chi connectivity index (χ4n) is 3.33. The highest BCUT2D eigenvalue weighted by molar-refractivity contribution is 7.87. The summed E-state index contributed by atoms with van der Waals surface area (Å²) in [5.74, 6) is 0.437. The van der Waals surface area contributed by atoms with Gasteiger partial charge in [0.1, 0.15) is 0 Å². The Labute approximate surface area is 117 Å². The SMILES string of the molecule is CNCC1CCCN(S(=O)(=O)NC2(C)CCCC2)C1. The summed E-state index contributed by atoms with van der Waals surface area (Å²) in [5, 5.41) is 3.15. The minimum absolute atomic E-state index is 0.227. The molecule has 1 aliphatic heterocycles. The molecule has 0 amide bonds. The smallest absolute Gasteiger partial charge is 0.279 e. The number of hydrogen-bond donors (Lipinski definition) is 2. The van der Waals surface area contributed by atoms with Gasteiger partial charge in [-0.1, -0.05) is 12.8 Å². The van der Waals surface area contributed by atoms with Crippen molar-refractivity contribution >= 4 is 10.2 Å². The zero-order valence-electron chi connectivity index (χ0n) is 12.1. The van der Waals surface area contributed by atoms with Gasteiger partial charge in [0.2, 0.25) is 0 Å². The number of rotatable bonds is 5. The van der Waals surface area contributed by atoms with Crippen LogP contribution in [0, 0.1) is 5.92 Å². The summed E-state index contributed by atoms with van der Waals surface area (Å²) in [6.07, 6.45) is 6.25. The second-order valence-corrected chi connectivity index (χ2v) is 7.97. The van der Waals surface area contributed by atoms with E-state index >= 15 is 0 Å². The van der Waals surface area contributed by atoms with Crippen molar-refractivity contribution in [3.8, 4) is 0 Å². The van der Waals surface area contributed by atoms with Gasteiger partial charge < -0.3 is 5.32 Å². The molecule has 0 aromatic heterocycles. The fraction of sp³-hybridized carbons (Fsp3) is 1.00. The lowest BCUT2D eigenvalue weighted by atomic mass is 10.00. The maximum Gasteiger partial charge on any atom is 0.279 e. The van der Waals surface area contributed by atoms with Crippen LogP contribution in [0.3, 0.4) is 0 Å². The van der Waals surface area contributed by atoms with Crippen molar-refractivity contribution in [2.75, 3.05) is 26.7 Å². The highest BCUT2D eigenvalue weighted by atomic mass is 32.2. The van der Waals surface area contributed by atoms with Crippen molar-refractivity contribution in [1.82, 2.24) is 14.3 Å². The maximum atomic E-state index is 12.5. The van der Waals surface area contributed by atoms with Gasteiger partial charge in [-0.15, -0.1) is 0 Å². The quantitative estimate of drug-likeness (QED) is 0.796. The van der Waals surface area contributed by atoms with Gasteiger partial charge in [0.25, 0.3) is 10.2 Å². The van der Waals surface area contributed by atoms with Crippen molar-refractivity contribution < 1.29 is 8.42 Å². The van der Waals surface area contributed by atoms with Crippen molar-refractivity contribution in [2.45, 2.75) is 51.0 Å². The maximum absolute atomic E-state index is 12.5. The van der Waals surface area contributed by atoms with Crippen LogP contribution in [0.5, 0.6) is 0 Å². The molecule has 0 spiro atoms. The van der Waals surface area contributed by atoms with Crippen molar-refractivity contribution in [3.05, 3.63) is 0 Å². The minimum atomic E-state index is -3.32. The molecule has 0 aromatic rings. The topological polar surface area (TPSA) is 61.4 Å². The van der Waals surface area contributed by atoms with E-state index in [1.807, 2.05) is 14.0 Å². The molecular formula is C13H27N3O2S. The molecule has 1 aliphatic carbocycles. The Morgan fingerprint density at radius 2 is 1.95 bits per heavy atom. The molecule has 1 saturated heterocycles. The summed E-state index contributed by atoms with van der Waals surface area (Å²) >= 11 is 0. The van der Waals surface area contributed by atoms with Crippen LogP contribution in [0.25, 0.3) is 0 Å². The molecule has 2 aliphatic rings. The summed E-state index contributed by atoms with van der Waals surface area (Å²) in [6.45, 7) is 4.23. The Morgan fingerprint density at radius 1 is 1.26 bits per heavy atom. The summed E-state index contributed by atoms with van der Waals surface area (Å²) in [5.41, 5.74) is -0.227. The van der Waals surface area contributed by atoms with Crippen LogP contribution in [0.15, 0.2) is 0 Å². The highest BCUT2D eigenvalue weighted by Crippen LogP contribution is 2.30. The van der Waals surface area contributed by atoms with Crippen LogP contribution in [0.2, 0.25) is 0 Å². The molecule has 0 aromatic carbocycles. The van der Waals surface area contributed by atoms with E-state index in [9.17, 15) is 8.42 Å². The largest absolute Gasteiger partial charge is 0.319 e. The second kappa shape index (κ2) is 6.08. The zero-order valence-corrected chi connectivity index (χ0v) is 12.9. The molecule has 1 atom stereocenters. The molecule has 112 valence electrons. The van der Waals surface area contributed by atoms with E-state index in [2.05, 4.69) is 10.0 Å². The Morgan fingerprint density at radius 3 is 2.58 bits per heavy atom. The third-order valence-corrected chi connectivity index (χ3v) is 6.16. The Balaban J connectivity index is 1.98. The first kappa shape index (κ1) is 15.2. The average Bonchev–Trinajstić information content (AvgIpc) is 2.75. The number of nitrogens with zero attached hydrogens (tertiary/aromatic N) is 1. The number of hydrogen-bond acceptors (Lipinski definition) is 3. The van der Waals surface area contributed by atoms with E-state index in [0.717, 1.165) is 45.1 Å². The Bertz CT molecular complexity index is 389. The van der Waals surface area contributed by atoms with Gasteiger partial charge in [-0.2, -0.15) is 17.4 Å². The first-order chi connectivity index (χ1) is 8.95. The fourth-order valence-corrected chi connectivity index (χ4v) is 5.07. The van der Waals surface area contributed by atoms with E-state index in [-0.39, 0.29) is 5.54 Å². The lowest BCUT2D eigenvalue weighted by molar-refractivity contribution is 0.255. The van der Waals surface area contributed by atoms with E-state index < -0.39 is 10.2 Å². The van der Waals surface area contributed by atoms with Crippen LogP contribution in [0.4, 0.5) is 0 Å². The van der Waals surface area contributed by atoms with Crippen molar-refractivity contribution in [3.63, 3.8) is 0 Å². The molecule has 2 fully saturated rings. The second-order valence-electron chi connectivity index (χ2n) is 6.30. The Kier molecular flexibility index (Phi) is 4.87. The third kappa shape index (κ3) is 3.90. The molecule has 6 heteroatoms. The summed E-state index contributed by atoms with van der Waals surface area (Å²) < 4.78 is 29.6. The van der Waals surface area contributed by atoms with Crippen molar-refractivity contribution in [2.24, 2.45) is 5.92 Å². The highest BCUT2D eigenvalue weighted by Gasteiger charge is 2.36. The Hall–Kier alpha value is -0.170. The lowest BCUT2D eigenvalue weighted by Crippen LogP contribution is -2.53. The van der Waals surface area contributed by atoms with Crippen LogP contribution in [-0.4, -0.2) is 44.9 Å². The number of piperidine rings is 1. The van der Waals surface area contributed by atoms with Gasteiger partial charge >= 0.3 is 0 Å². The summed E-state index contributed by atoms with van der Waals surface area (Å²) in [4.78, 5) is 0. The van der Waals surface area contributed by atoms with Crippen LogP contribution in [-0.2, 0) is 10.2 Å². The molecule has 1 heterocycles. The van der Waals surface area contributed by atoms with Gasteiger partial charge in [-0.3, -0.25) is 0 Å². The van der Waals surface area contributed by atoms with E-state index in [1.165, 1.54) is 0 Å². The van der Waals surface area contributed by atoms with E-state index in [0.29, 0.717) is 19.0 Å². The molecule has 0 bridgehead atoms. The zero-order chi connectivity index (χ0) is 13.9. The molecule has 19 heavy (non-hydrogen) atoms. The molecule has 0 radical (unpaired) electrons. The molecular weight excluding hydrogens is 262 g/mol. The summed E-state index contributed by atoms with van der Waals surface area (Å²) in [7, 11) is -1.40. The van der Waals surface area contributed by atoms with Gasteiger partial charge in [0.15, 0.2) is 0 Å². The van der Waals surface area contributed by atoms with Gasteiger partial charge in [-0.25, -0.2) is 0 Å². The molecule has 1 unspecified atom stereocenters. The number of nitrogens with one attached hydrogen (secondary N) is 2. The third-order valence-electron chi connectivity index (χ3n) is 4.40. The molecule has 2 rings (SSSR count). The predicted octanol–water partition coefficient (Wildman–Crippen LogP) is 1.08. The first-order valence-corrected chi connectivity index (χ1v) is 8.83. The molecule has 5 nitrogen and oxygen atoms in total. The van der Waals surface area contributed by atoms with E-state index in [1.54, 1.807) is 4.31 Å². The molecule has 1 saturated carbocycles. The summed E-state index contributed by atoms with van der Waals surface area (Å²) in [6, 6.07) is 0. The van der Waals surface area contributed by atoms with Gasteiger partial charge in [0, 0.05) is 18.6 Å². The van der Waals surface area contributed by atoms with Gasteiger partial charge in [0.05, 0.1) is 0 Å². The lowest BCUT2D eigenvalue weighted by Gasteiger charge is -2.35. The molecule has 2 N–H and O–H groups in total. The van der Waals surface area contributed by atoms with Crippen LogP contribution >= 0.6 is 0 Å². The average molecular weight is 289 g/mol.